The Morgan fingerprint density at radius 1 is 1.42 bits per heavy atom. The van der Waals surface area contributed by atoms with E-state index >= 15 is 0 Å². The second-order valence-electron chi connectivity index (χ2n) is 4.33. The molecule has 6 nitrogen and oxygen atoms in total. The van der Waals surface area contributed by atoms with Gasteiger partial charge in [0.2, 0.25) is 0 Å². The van der Waals surface area contributed by atoms with Crippen LogP contribution < -0.4 is 15.8 Å². The number of para-hydroxylation sites is 1. The van der Waals surface area contributed by atoms with Crippen molar-refractivity contribution in [3.8, 4) is 5.75 Å². The highest BCUT2D eigenvalue weighted by Gasteiger charge is 2.30. The number of amides is 1. The molecule has 1 rings (SSSR count). The Labute approximate surface area is 112 Å². The van der Waals surface area contributed by atoms with E-state index in [-0.39, 0.29) is 24.5 Å². The smallest absolute Gasteiger partial charge is 0.255 e. The number of methoxy groups -OCH3 is 1. The number of rotatable bonds is 6. The number of benzene rings is 1. The minimum absolute atomic E-state index is 0.266. The Morgan fingerprint density at radius 3 is 2.53 bits per heavy atom. The molecular weight excluding hydrogens is 248 g/mol. The molecule has 0 aromatic heterocycles. The molecule has 0 atom stereocenters. The van der Waals surface area contributed by atoms with E-state index in [0.717, 1.165) is 0 Å². The highest BCUT2D eigenvalue weighted by molar-refractivity contribution is 5.99. The lowest BCUT2D eigenvalue weighted by atomic mass is 9.97. The first kappa shape index (κ1) is 15.3. The lowest BCUT2D eigenvalue weighted by Crippen LogP contribution is -2.53. The van der Waals surface area contributed by atoms with Gasteiger partial charge in [-0.3, -0.25) is 4.79 Å². The molecule has 1 aromatic rings. The summed E-state index contributed by atoms with van der Waals surface area (Å²) in [7, 11) is 1.42. The molecule has 6 heteroatoms. The lowest BCUT2D eigenvalue weighted by molar-refractivity contribution is 0.0651. The van der Waals surface area contributed by atoms with E-state index in [1.165, 1.54) is 7.11 Å². The van der Waals surface area contributed by atoms with E-state index in [0.29, 0.717) is 12.1 Å². The predicted molar refractivity (Wildman–Crippen MR) is 72.1 cm³/mol. The van der Waals surface area contributed by atoms with Crippen molar-refractivity contribution in [2.45, 2.75) is 18.9 Å². The van der Waals surface area contributed by atoms with E-state index in [1.807, 2.05) is 0 Å². The van der Waals surface area contributed by atoms with Crippen LogP contribution in [-0.4, -0.2) is 42.0 Å². The van der Waals surface area contributed by atoms with Gasteiger partial charge in [-0.2, -0.15) is 0 Å². The molecule has 0 fully saturated rings. The number of nitrogens with one attached hydrogen (secondary N) is 1. The fourth-order valence-corrected chi connectivity index (χ4v) is 1.71. The minimum Gasteiger partial charge on any atom is -0.494 e. The van der Waals surface area contributed by atoms with Crippen molar-refractivity contribution in [1.29, 1.82) is 0 Å². The molecule has 0 bridgehead atoms. The maximum absolute atomic E-state index is 12.2. The van der Waals surface area contributed by atoms with Gasteiger partial charge < -0.3 is 26.0 Å². The number of carbonyl (C=O) groups excluding carboxylic acids is 1. The van der Waals surface area contributed by atoms with E-state index in [4.69, 9.17) is 10.5 Å². The zero-order chi connectivity index (χ0) is 14.5. The maximum Gasteiger partial charge on any atom is 0.255 e. The Bertz CT molecular complexity index is 436. The Kier molecular flexibility index (Phi) is 5.14. The molecule has 0 heterocycles. The van der Waals surface area contributed by atoms with Gasteiger partial charge in [-0.25, -0.2) is 0 Å². The highest BCUT2D eigenvalue weighted by Crippen LogP contribution is 2.26. The first-order valence-corrected chi connectivity index (χ1v) is 6.00. The summed E-state index contributed by atoms with van der Waals surface area (Å²) in [5.74, 6) is -0.171. The summed E-state index contributed by atoms with van der Waals surface area (Å²) >= 11 is 0. The van der Waals surface area contributed by atoms with Gasteiger partial charge in [0.25, 0.3) is 5.91 Å². The summed E-state index contributed by atoms with van der Waals surface area (Å²) in [4.78, 5) is 12.2. The molecule has 0 unspecified atom stereocenters. The first-order valence-electron chi connectivity index (χ1n) is 6.00. The van der Waals surface area contributed by atoms with Crippen LogP contribution in [0, 0.1) is 0 Å². The standard InChI is InChI=1S/C13H20N2O4/c1-3-13(7-16,8-17)15-12(18)9-5-4-6-10(14)11(9)19-2/h4-6,16-17H,3,7-8,14H2,1-2H3,(H,15,18). The van der Waals surface area contributed by atoms with Crippen LogP contribution in [0.25, 0.3) is 0 Å². The fourth-order valence-electron chi connectivity index (χ4n) is 1.71. The molecule has 1 aromatic carbocycles. The summed E-state index contributed by atoms with van der Waals surface area (Å²) in [5, 5.41) is 21.3. The molecule has 0 aliphatic rings. The number of aliphatic hydroxyl groups excluding tert-OH is 2. The quantitative estimate of drug-likeness (QED) is 0.549. The molecule has 0 saturated heterocycles. The van der Waals surface area contributed by atoms with Gasteiger partial charge >= 0.3 is 0 Å². The third-order valence-electron chi connectivity index (χ3n) is 3.16. The predicted octanol–water partition coefficient (Wildman–Crippen LogP) is 0.141. The zero-order valence-corrected chi connectivity index (χ0v) is 11.1. The van der Waals surface area contributed by atoms with Crippen molar-refractivity contribution in [3.63, 3.8) is 0 Å². The molecule has 0 aliphatic heterocycles. The summed E-state index contributed by atoms with van der Waals surface area (Å²) in [5.41, 5.74) is 5.30. The van der Waals surface area contributed by atoms with Gasteiger partial charge in [-0.05, 0) is 18.6 Å². The maximum atomic E-state index is 12.2. The Hall–Kier alpha value is -1.79. The summed E-state index contributed by atoms with van der Waals surface area (Å²) in [6.07, 6.45) is 0.399. The number of ether oxygens (including phenoxy) is 1. The van der Waals surface area contributed by atoms with Crippen molar-refractivity contribution in [3.05, 3.63) is 23.8 Å². The van der Waals surface area contributed by atoms with Crippen molar-refractivity contribution in [1.82, 2.24) is 5.32 Å². The molecule has 106 valence electrons. The van der Waals surface area contributed by atoms with E-state index in [2.05, 4.69) is 5.32 Å². The summed E-state index contributed by atoms with van der Waals surface area (Å²) in [6.45, 7) is 1.07. The van der Waals surface area contributed by atoms with Crippen LogP contribution in [0.3, 0.4) is 0 Å². The van der Waals surface area contributed by atoms with Gasteiger partial charge in [0.1, 0.15) is 0 Å². The number of carbonyl (C=O) groups is 1. The van der Waals surface area contributed by atoms with Crippen LogP contribution in [-0.2, 0) is 0 Å². The molecule has 0 saturated carbocycles. The second kappa shape index (κ2) is 6.40. The van der Waals surface area contributed by atoms with Gasteiger partial charge in [-0.15, -0.1) is 0 Å². The third kappa shape index (κ3) is 3.15. The normalized spacial score (nSPS) is 11.2. The number of aliphatic hydroxyl groups is 2. The van der Waals surface area contributed by atoms with Gasteiger partial charge in [-0.1, -0.05) is 13.0 Å². The monoisotopic (exact) mass is 268 g/mol. The number of nitrogens with two attached hydrogens (primary N) is 1. The average Bonchev–Trinajstić information content (AvgIpc) is 2.44. The Balaban J connectivity index is 3.04. The van der Waals surface area contributed by atoms with Crippen molar-refractivity contribution >= 4 is 11.6 Å². The number of hydrogen-bond donors (Lipinski definition) is 4. The van der Waals surface area contributed by atoms with Crippen LogP contribution in [0.1, 0.15) is 23.7 Å². The van der Waals surface area contributed by atoms with Gasteiger partial charge in [0, 0.05) is 0 Å². The van der Waals surface area contributed by atoms with Crippen LogP contribution >= 0.6 is 0 Å². The molecule has 0 spiro atoms. The van der Waals surface area contributed by atoms with Crippen molar-refractivity contribution in [2.75, 3.05) is 26.1 Å². The summed E-state index contributed by atoms with van der Waals surface area (Å²) in [6, 6.07) is 4.83. The molecule has 0 radical (unpaired) electrons. The van der Waals surface area contributed by atoms with Crippen molar-refractivity contribution < 1.29 is 19.7 Å². The zero-order valence-electron chi connectivity index (χ0n) is 11.1. The van der Waals surface area contributed by atoms with Crippen molar-refractivity contribution in [2.24, 2.45) is 0 Å². The first-order chi connectivity index (χ1) is 9.03. The molecule has 5 N–H and O–H groups in total. The topological polar surface area (TPSA) is 105 Å². The van der Waals surface area contributed by atoms with E-state index in [9.17, 15) is 15.0 Å². The minimum atomic E-state index is -1.05. The van der Waals surface area contributed by atoms with Crippen LogP contribution in [0.2, 0.25) is 0 Å². The largest absolute Gasteiger partial charge is 0.494 e. The van der Waals surface area contributed by atoms with Crippen LogP contribution in [0.15, 0.2) is 18.2 Å². The van der Waals surface area contributed by atoms with E-state index < -0.39 is 11.4 Å². The SMILES string of the molecule is CCC(CO)(CO)NC(=O)c1cccc(N)c1OC. The number of hydrogen-bond acceptors (Lipinski definition) is 5. The third-order valence-corrected chi connectivity index (χ3v) is 3.16. The highest BCUT2D eigenvalue weighted by atomic mass is 16.5. The molecule has 19 heavy (non-hydrogen) atoms. The lowest BCUT2D eigenvalue weighted by Gasteiger charge is -2.30. The molecule has 0 aliphatic carbocycles. The van der Waals surface area contributed by atoms with Crippen LogP contribution in [0.4, 0.5) is 5.69 Å². The molecule has 1 amide bonds. The van der Waals surface area contributed by atoms with Crippen LogP contribution in [0.5, 0.6) is 5.75 Å². The Morgan fingerprint density at radius 2 is 2.05 bits per heavy atom. The summed E-state index contributed by atoms with van der Waals surface area (Å²) < 4.78 is 5.10. The average molecular weight is 268 g/mol. The fraction of sp³-hybridized carbons (Fsp3) is 0.462. The number of nitrogen functional groups attached to an aromatic ring is 1. The van der Waals surface area contributed by atoms with Gasteiger partial charge in [0.15, 0.2) is 5.75 Å². The van der Waals surface area contributed by atoms with Gasteiger partial charge in [0.05, 0.1) is 37.1 Å². The molecular formula is C13H20N2O4. The second-order valence-corrected chi connectivity index (χ2v) is 4.33. The number of anilines is 1. The van der Waals surface area contributed by atoms with E-state index in [1.54, 1.807) is 25.1 Å².